The van der Waals surface area contributed by atoms with Gasteiger partial charge in [0.25, 0.3) is 11.8 Å². The molecule has 0 unspecified atom stereocenters. The van der Waals surface area contributed by atoms with E-state index in [1.54, 1.807) is 42.5 Å². The Labute approximate surface area is 190 Å². The van der Waals surface area contributed by atoms with Crippen molar-refractivity contribution in [3.63, 3.8) is 0 Å². The third-order valence-electron chi connectivity index (χ3n) is 5.03. The first-order chi connectivity index (χ1) is 15.8. The molecule has 1 aliphatic rings. The van der Waals surface area contributed by atoms with E-state index >= 15 is 0 Å². The maximum Gasteiger partial charge on any atom is 0.311 e. The summed E-state index contributed by atoms with van der Waals surface area (Å²) in [5.74, 6) is -2.02. The van der Waals surface area contributed by atoms with E-state index in [1.165, 1.54) is 14.2 Å². The Hall–Kier alpha value is -4.08. The van der Waals surface area contributed by atoms with Crippen LogP contribution in [-0.4, -0.2) is 56.1 Å². The normalized spacial score (nSPS) is 15.1. The molecule has 1 heterocycles. The average molecular weight is 455 g/mol. The number of hydrazine groups is 1. The third-order valence-corrected chi connectivity index (χ3v) is 5.03. The van der Waals surface area contributed by atoms with Crippen molar-refractivity contribution in [3.8, 4) is 11.5 Å². The van der Waals surface area contributed by atoms with Crippen LogP contribution in [0.5, 0.6) is 11.5 Å². The Bertz CT molecular complexity index is 1050. The van der Waals surface area contributed by atoms with Gasteiger partial charge in [-0.2, -0.15) is 0 Å². The van der Waals surface area contributed by atoms with Crippen molar-refractivity contribution in [2.45, 2.75) is 13.3 Å². The molecule has 33 heavy (non-hydrogen) atoms. The Kier molecular flexibility index (Phi) is 7.50. The van der Waals surface area contributed by atoms with Gasteiger partial charge in [-0.15, -0.1) is 0 Å². The lowest BCUT2D eigenvalue weighted by Gasteiger charge is -2.17. The number of ether oxygens (including phenoxy) is 3. The molecule has 0 aromatic heterocycles. The molecule has 2 aromatic carbocycles. The van der Waals surface area contributed by atoms with Crippen molar-refractivity contribution in [1.29, 1.82) is 0 Å². The van der Waals surface area contributed by atoms with Gasteiger partial charge in [0.1, 0.15) is 11.5 Å². The SMILES string of the molecule is COc1ccc(OC)c(NC(=O)COC(=O)[C@@H]2CC(=O)N(NC(=O)c3ccc(C)cc3)C2)c1. The number of nitrogens with one attached hydrogen (secondary N) is 2. The van der Waals surface area contributed by atoms with Crippen LogP contribution < -0.4 is 20.2 Å². The largest absolute Gasteiger partial charge is 0.497 e. The van der Waals surface area contributed by atoms with E-state index in [2.05, 4.69) is 10.7 Å². The number of methoxy groups -OCH3 is 2. The number of carbonyl (C=O) groups is 4. The number of esters is 1. The molecule has 1 saturated heterocycles. The van der Waals surface area contributed by atoms with Gasteiger partial charge in [0.05, 0.1) is 32.4 Å². The molecule has 0 saturated carbocycles. The molecule has 1 fully saturated rings. The van der Waals surface area contributed by atoms with Gasteiger partial charge < -0.3 is 19.5 Å². The van der Waals surface area contributed by atoms with Crippen LogP contribution in [0.2, 0.25) is 0 Å². The first kappa shape index (κ1) is 23.6. The van der Waals surface area contributed by atoms with Crippen molar-refractivity contribution in [2.24, 2.45) is 5.92 Å². The number of hydrogen-bond acceptors (Lipinski definition) is 7. The topological polar surface area (TPSA) is 123 Å². The number of anilines is 1. The summed E-state index contributed by atoms with van der Waals surface area (Å²) in [7, 11) is 2.95. The second-order valence-electron chi connectivity index (χ2n) is 7.43. The van der Waals surface area contributed by atoms with Crippen molar-refractivity contribution in [3.05, 3.63) is 53.6 Å². The Morgan fingerprint density at radius 2 is 1.79 bits per heavy atom. The summed E-state index contributed by atoms with van der Waals surface area (Å²) in [6, 6.07) is 11.7. The number of hydrogen-bond donors (Lipinski definition) is 2. The van der Waals surface area contributed by atoms with Crippen molar-refractivity contribution in [2.75, 3.05) is 32.7 Å². The maximum atomic E-state index is 12.4. The van der Waals surface area contributed by atoms with Crippen molar-refractivity contribution in [1.82, 2.24) is 10.4 Å². The molecule has 1 atom stereocenters. The minimum Gasteiger partial charge on any atom is -0.497 e. The highest BCUT2D eigenvalue weighted by Gasteiger charge is 2.36. The Morgan fingerprint density at radius 3 is 2.45 bits per heavy atom. The fraction of sp³-hybridized carbons (Fsp3) is 0.304. The van der Waals surface area contributed by atoms with Crippen molar-refractivity contribution >= 4 is 29.4 Å². The third kappa shape index (κ3) is 6.00. The number of rotatable bonds is 8. The van der Waals surface area contributed by atoms with Crippen LogP contribution in [0.1, 0.15) is 22.3 Å². The molecule has 2 aromatic rings. The molecule has 3 rings (SSSR count). The smallest absolute Gasteiger partial charge is 0.311 e. The summed E-state index contributed by atoms with van der Waals surface area (Å²) >= 11 is 0. The number of amides is 3. The average Bonchev–Trinajstić information content (AvgIpc) is 3.17. The van der Waals surface area contributed by atoms with Gasteiger partial charge >= 0.3 is 5.97 Å². The highest BCUT2D eigenvalue weighted by atomic mass is 16.5. The van der Waals surface area contributed by atoms with Crippen LogP contribution in [0.25, 0.3) is 0 Å². The molecular weight excluding hydrogens is 430 g/mol. The van der Waals surface area contributed by atoms with Gasteiger partial charge in [-0.1, -0.05) is 17.7 Å². The van der Waals surface area contributed by atoms with E-state index in [1.807, 2.05) is 6.92 Å². The number of nitrogens with zero attached hydrogens (tertiary/aromatic N) is 1. The van der Waals surface area contributed by atoms with Gasteiger partial charge in [0, 0.05) is 18.1 Å². The predicted octanol–water partition coefficient (Wildman–Crippen LogP) is 1.69. The molecular formula is C23H25N3O7. The van der Waals surface area contributed by atoms with E-state index in [0.29, 0.717) is 22.7 Å². The summed E-state index contributed by atoms with van der Waals surface area (Å²) in [5, 5.41) is 3.68. The first-order valence-corrected chi connectivity index (χ1v) is 10.2. The fourth-order valence-corrected chi connectivity index (χ4v) is 3.22. The van der Waals surface area contributed by atoms with Gasteiger partial charge in [0.2, 0.25) is 5.91 Å². The van der Waals surface area contributed by atoms with Crippen molar-refractivity contribution < 1.29 is 33.4 Å². The minimum absolute atomic E-state index is 0.0411. The number of carbonyl (C=O) groups excluding carboxylic acids is 4. The molecule has 10 heteroatoms. The summed E-state index contributed by atoms with van der Waals surface area (Å²) in [5.41, 5.74) is 4.26. The second kappa shape index (κ2) is 10.5. The molecule has 1 aliphatic heterocycles. The zero-order valence-electron chi connectivity index (χ0n) is 18.5. The predicted molar refractivity (Wildman–Crippen MR) is 118 cm³/mol. The monoisotopic (exact) mass is 455 g/mol. The minimum atomic E-state index is -0.796. The number of benzene rings is 2. The van der Waals surface area contributed by atoms with Crippen LogP contribution in [0.15, 0.2) is 42.5 Å². The van der Waals surface area contributed by atoms with E-state index in [-0.39, 0.29) is 13.0 Å². The molecule has 0 radical (unpaired) electrons. The van der Waals surface area contributed by atoms with Gasteiger partial charge in [0.15, 0.2) is 6.61 Å². The summed E-state index contributed by atoms with van der Waals surface area (Å²) < 4.78 is 15.4. The Balaban J connectivity index is 1.51. The van der Waals surface area contributed by atoms with Crippen LogP contribution in [0.3, 0.4) is 0 Å². The Morgan fingerprint density at radius 1 is 1.06 bits per heavy atom. The van der Waals surface area contributed by atoms with Gasteiger partial charge in [-0.25, -0.2) is 0 Å². The zero-order chi connectivity index (χ0) is 24.0. The lowest BCUT2D eigenvalue weighted by molar-refractivity contribution is -0.151. The quantitative estimate of drug-likeness (QED) is 0.581. The molecule has 0 aliphatic carbocycles. The van der Waals surface area contributed by atoms with Gasteiger partial charge in [-0.05, 0) is 31.2 Å². The summed E-state index contributed by atoms with van der Waals surface area (Å²) in [6.45, 7) is 1.32. The van der Waals surface area contributed by atoms with E-state index < -0.39 is 36.2 Å². The second-order valence-corrected chi connectivity index (χ2v) is 7.43. The summed E-state index contributed by atoms with van der Waals surface area (Å²) in [6.07, 6.45) is -0.127. The highest BCUT2D eigenvalue weighted by Crippen LogP contribution is 2.28. The highest BCUT2D eigenvalue weighted by molar-refractivity contribution is 5.97. The molecule has 2 N–H and O–H groups in total. The zero-order valence-corrected chi connectivity index (χ0v) is 18.5. The van der Waals surface area contributed by atoms with E-state index in [0.717, 1.165) is 10.6 Å². The lowest BCUT2D eigenvalue weighted by atomic mass is 10.1. The van der Waals surface area contributed by atoms with E-state index in [9.17, 15) is 19.2 Å². The van der Waals surface area contributed by atoms with Crippen LogP contribution >= 0.6 is 0 Å². The lowest BCUT2D eigenvalue weighted by Crippen LogP contribution is -2.43. The first-order valence-electron chi connectivity index (χ1n) is 10.2. The van der Waals surface area contributed by atoms with Crippen LogP contribution in [0, 0.1) is 12.8 Å². The maximum absolute atomic E-state index is 12.4. The molecule has 3 amide bonds. The van der Waals surface area contributed by atoms with Gasteiger partial charge in [-0.3, -0.25) is 29.6 Å². The number of aryl methyl sites for hydroxylation is 1. The van der Waals surface area contributed by atoms with Crippen LogP contribution in [-0.2, 0) is 19.1 Å². The summed E-state index contributed by atoms with van der Waals surface area (Å²) in [4.78, 5) is 49.2. The molecule has 10 nitrogen and oxygen atoms in total. The molecule has 0 spiro atoms. The van der Waals surface area contributed by atoms with Crippen LogP contribution in [0.4, 0.5) is 5.69 Å². The fourth-order valence-electron chi connectivity index (χ4n) is 3.22. The standard InChI is InChI=1S/C23H25N3O7/c1-14-4-6-15(7-5-14)22(29)25-26-12-16(10-21(26)28)23(30)33-13-20(27)24-18-11-17(31-2)8-9-19(18)32-3/h4-9,11,16H,10,12-13H2,1-3H3,(H,24,27)(H,25,29)/t16-/m1/s1. The van der Waals surface area contributed by atoms with E-state index in [4.69, 9.17) is 14.2 Å². The molecule has 0 bridgehead atoms. The molecule has 174 valence electrons.